The van der Waals surface area contributed by atoms with Crippen molar-refractivity contribution < 1.29 is 37.4 Å². The highest BCUT2D eigenvalue weighted by atomic mass is 32.2. The first kappa shape index (κ1) is 34.2. The lowest BCUT2D eigenvalue weighted by Gasteiger charge is -2.41. The molecule has 1 saturated heterocycles. The van der Waals surface area contributed by atoms with Gasteiger partial charge in [-0.2, -0.15) is 12.7 Å². The number of anilines is 1. The van der Waals surface area contributed by atoms with Gasteiger partial charge in [-0.25, -0.2) is 9.59 Å². The van der Waals surface area contributed by atoms with Crippen molar-refractivity contribution in [2.45, 2.75) is 82.5 Å². The molecule has 47 heavy (non-hydrogen) atoms. The van der Waals surface area contributed by atoms with E-state index in [0.29, 0.717) is 23.9 Å². The number of hydrogen-bond acceptors (Lipinski definition) is 7. The number of carboxylic acids is 1. The zero-order valence-corrected chi connectivity index (χ0v) is 27.7. The summed E-state index contributed by atoms with van der Waals surface area (Å²) in [5.41, 5.74) is -2.02. The highest BCUT2D eigenvalue weighted by Gasteiger charge is 2.61. The standard InChI is InChI=1S/C33H43N5O8S/c1-32(2,3)46-31(43)34-26-16-8-6-4-5-7-14-23-20-33(23,30(41)42)35-28(39)27-21-37(18-19-38(27)29(26)40)47(44,45)36-25-17-11-13-22-12-9-10-15-24(22)25/h7,9-15,17,23,26-27,36H,4-6,8,16,18-21H2,1-3H3,(H,34,43)(H,35,39)(H,41,42)/b14-7+/t23?,26-,27-,33-/m0/s1. The second-order valence-corrected chi connectivity index (χ2v) is 15.1. The van der Waals surface area contributed by atoms with E-state index in [4.69, 9.17) is 4.74 Å². The smallest absolute Gasteiger partial charge is 0.408 e. The van der Waals surface area contributed by atoms with E-state index in [1.165, 1.54) is 4.90 Å². The van der Waals surface area contributed by atoms with Gasteiger partial charge in [0, 0.05) is 30.9 Å². The molecule has 2 aromatic rings. The number of hydrogen-bond donors (Lipinski definition) is 4. The maximum atomic E-state index is 14.1. The van der Waals surface area contributed by atoms with E-state index in [2.05, 4.69) is 15.4 Å². The lowest BCUT2D eigenvalue weighted by atomic mass is 10.0. The Labute approximate surface area is 274 Å². The molecular weight excluding hydrogens is 626 g/mol. The molecule has 14 heteroatoms. The minimum absolute atomic E-state index is 0.135. The van der Waals surface area contributed by atoms with Gasteiger partial charge in [0.15, 0.2) is 0 Å². The average molecular weight is 670 g/mol. The van der Waals surface area contributed by atoms with E-state index in [0.717, 1.165) is 22.5 Å². The lowest BCUT2D eigenvalue weighted by molar-refractivity contribution is -0.148. The maximum Gasteiger partial charge on any atom is 0.408 e. The van der Waals surface area contributed by atoms with Crippen LogP contribution in [0.25, 0.3) is 10.8 Å². The summed E-state index contributed by atoms with van der Waals surface area (Å²) in [7, 11) is -4.22. The fourth-order valence-corrected chi connectivity index (χ4v) is 7.45. The Morgan fingerprint density at radius 2 is 1.79 bits per heavy atom. The number of piperazine rings is 1. The molecule has 5 rings (SSSR count). The Morgan fingerprint density at radius 1 is 1.04 bits per heavy atom. The van der Waals surface area contributed by atoms with E-state index in [-0.39, 0.29) is 25.9 Å². The molecule has 2 fully saturated rings. The third kappa shape index (κ3) is 7.87. The number of aliphatic carboxylic acids is 1. The summed E-state index contributed by atoms with van der Waals surface area (Å²) in [6.07, 6.45) is 6.23. The van der Waals surface area contributed by atoms with Crippen molar-refractivity contribution in [3.8, 4) is 0 Å². The Hall–Kier alpha value is -4.17. The third-order valence-electron chi connectivity index (χ3n) is 8.76. The van der Waals surface area contributed by atoms with Crippen LogP contribution in [0.5, 0.6) is 0 Å². The van der Waals surface area contributed by atoms with Gasteiger partial charge in [-0.3, -0.25) is 14.3 Å². The van der Waals surface area contributed by atoms with Crippen molar-refractivity contribution in [1.82, 2.24) is 19.8 Å². The van der Waals surface area contributed by atoms with Gasteiger partial charge in [0.2, 0.25) is 11.8 Å². The van der Waals surface area contributed by atoms with Crippen LogP contribution >= 0.6 is 0 Å². The van der Waals surface area contributed by atoms with Gasteiger partial charge in [0.05, 0.1) is 5.69 Å². The van der Waals surface area contributed by atoms with Gasteiger partial charge in [0.1, 0.15) is 23.2 Å². The van der Waals surface area contributed by atoms with E-state index < -0.39 is 69.8 Å². The van der Waals surface area contributed by atoms with Gasteiger partial charge in [-0.15, -0.1) is 0 Å². The first-order valence-corrected chi connectivity index (χ1v) is 17.4. The second kappa shape index (κ2) is 13.5. The summed E-state index contributed by atoms with van der Waals surface area (Å²) < 4.78 is 36.6. The van der Waals surface area contributed by atoms with Gasteiger partial charge in [-0.05, 0) is 57.9 Å². The van der Waals surface area contributed by atoms with Crippen LogP contribution in [-0.2, 0) is 29.3 Å². The number of alkyl carbamates (subject to hydrolysis) is 1. The number of benzene rings is 2. The summed E-state index contributed by atoms with van der Waals surface area (Å²) >= 11 is 0. The topological polar surface area (TPSA) is 174 Å². The monoisotopic (exact) mass is 669 g/mol. The van der Waals surface area contributed by atoms with Crippen LogP contribution in [0.15, 0.2) is 54.6 Å². The van der Waals surface area contributed by atoms with Crippen molar-refractivity contribution in [3.05, 3.63) is 54.6 Å². The predicted octanol–water partition coefficient (Wildman–Crippen LogP) is 3.38. The van der Waals surface area contributed by atoms with Crippen LogP contribution < -0.4 is 15.4 Å². The molecule has 2 aliphatic heterocycles. The lowest BCUT2D eigenvalue weighted by Crippen LogP contribution is -2.66. The molecule has 1 unspecified atom stereocenters. The van der Waals surface area contributed by atoms with Gasteiger partial charge in [-0.1, -0.05) is 61.4 Å². The highest BCUT2D eigenvalue weighted by molar-refractivity contribution is 7.90. The summed E-state index contributed by atoms with van der Waals surface area (Å²) in [5.74, 6) is -2.99. The van der Waals surface area contributed by atoms with E-state index in [1.807, 2.05) is 24.3 Å². The molecule has 0 radical (unpaired) electrons. The van der Waals surface area contributed by atoms with Crippen LogP contribution in [0.4, 0.5) is 10.5 Å². The second-order valence-electron chi connectivity index (χ2n) is 13.4. The third-order valence-corrected chi connectivity index (χ3v) is 10.3. The Balaban J connectivity index is 1.45. The predicted molar refractivity (Wildman–Crippen MR) is 176 cm³/mol. The molecule has 4 atom stereocenters. The van der Waals surface area contributed by atoms with Crippen molar-refractivity contribution in [2.24, 2.45) is 5.92 Å². The van der Waals surface area contributed by atoms with Crippen LogP contribution in [0, 0.1) is 5.92 Å². The number of fused-ring (bicyclic) bond motifs is 3. The van der Waals surface area contributed by atoms with E-state index in [1.54, 1.807) is 51.1 Å². The van der Waals surface area contributed by atoms with Crippen molar-refractivity contribution in [3.63, 3.8) is 0 Å². The largest absolute Gasteiger partial charge is 0.479 e. The minimum atomic E-state index is -4.22. The number of carboxylic acid groups (broad SMARTS) is 1. The average Bonchev–Trinajstić information content (AvgIpc) is 3.71. The Kier molecular flexibility index (Phi) is 9.83. The molecule has 254 valence electrons. The molecule has 1 saturated carbocycles. The zero-order valence-electron chi connectivity index (χ0n) is 26.9. The summed E-state index contributed by atoms with van der Waals surface area (Å²) in [4.78, 5) is 54.5. The number of ether oxygens (including phenoxy) is 1. The normalized spacial score (nSPS) is 26.9. The SMILES string of the molecule is CC(C)(C)OC(=O)N[C@H]1CCCCC/C=C/C2C[C@]2(C(=O)O)NC(=O)[C@@H]2CN(S(=O)(=O)Nc3cccc4ccccc34)CCN2C1=O. The van der Waals surface area contributed by atoms with Gasteiger partial charge < -0.3 is 25.4 Å². The van der Waals surface area contributed by atoms with E-state index >= 15 is 0 Å². The number of allylic oxidation sites excluding steroid dienone is 1. The molecule has 0 aromatic heterocycles. The van der Waals surface area contributed by atoms with Crippen LogP contribution in [0.1, 0.15) is 59.3 Å². The number of amides is 3. The van der Waals surface area contributed by atoms with Crippen LogP contribution in [-0.4, -0.2) is 89.5 Å². The van der Waals surface area contributed by atoms with Gasteiger partial charge in [0.25, 0.3) is 0 Å². The Bertz CT molecular complexity index is 1670. The highest BCUT2D eigenvalue weighted by Crippen LogP contribution is 2.45. The Morgan fingerprint density at radius 3 is 2.53 bits per heavy atom. The first-order valence-electron chi connectivity index (χ1n) is 16.0. The van der Waals surface area contributed by atoms with Crippen LogP contribution in [0.2, 0.25) is 0 Å². The quantitative estimate of drug-likeness (QED) is 0.351. The molecule has 4 N–H and O–H groups in total. The molecule has 13 nitrogen and oxygen atoms in total. The van der Waals surface area contributed by atoms with Gasteiger partial charge >= 0.3 is 22.3 Å². The van der Waals surface area contributed by atoms with Crippen molar-refractivity contribution >= 4 is 50.5 Å². The first-order chi connectivity index (χ1) is 22.2. The molecule has 3 amide bonds. The number of nitrogens with zero attached hydrogens (tertiary/aromatic N) is 2. The van der Waals surface area contributed by atoms with Crippen molar-refractivity contribution in [1.29, 1.82) is 0 Å². The molecule has 1 aliphatic carbocycles. The van der Waals surface area contributed by atoms with Crippen molar-refractivity contribution in [2.75, 3.05) is 24.4 Å². The molecule has 3 aliphatic rings. The summed E-state index contributed by atoms with van der Waals surface area (Å²) in [6, 6.07) is 10.1. The van der Waals surface area contributed by atoms with Crippen LogP contribution in [0.3, 0.4) is 0 Å². The van der Waals surface area contributed by atoms with E-state index in [9.17, 15) is 32.7 Å². The molecule has 0 spiro atoms. The summed E-state index contributed by atoms with van der Waals surface area (Å²) in [5, 5.41) is 16.9. The number of rotatable bonds is 5. The molecular formula is C33H43N5O8S. The number of carbonyl (C=O) groups excluding carboxylic acids is 3. The fourth-order valence-electron chi connectivity index (χ4n) is 6.20. The maximum absolute atomic E-state index is 14.1. The number of carbonyl (C=O) groups is 4. The number of nitrogens with one attached hydrogen (secondary N) is 3. The summed E-state index contributed by atoms with van der Waals surface area (Å²) in [6.45, 7) is 4.39. The molecule has 2 heterocycles. The minimum Gasteiger partial charge on any atom is -0.479 e. The fraction of sp³-hybridized carbons (Fsp3) is 0.515. The molecule has 0 bridgehead atoms. The molecule has 2 aromatic carbocycles. The zero-order chi connectivity index (χ0) is 34.0.